The molecule has 0 aliphatic heterocycles. The largest absolute Gasteiger partial charge is 0.455 e. The zero-order chi connectivity index (χ0) is 29.1. The fraction of sp³-hybridized carbons (Fsp3) is 0.303. The van der Waals surface area contributed by atoms with Gasteiger partial charge >= 0.3 is 6.18 Å². The lowest BCUT2D eigenvalue weighted by Crippen LogP contribution is -2.30. The zero-order valence-electron chi connectivity index (χ0n) is 24.5. The fourth-order valence-corrected chi connectivity index (χ4v) is 5.35. The first kappa shape index (κ1) is 23.5. The maximum atomic E-state index is 13.7. The van der Waals surface area contributed by atoms with Gasteiger partial charge < -0.3 is 4.42 Å². The average molecular weight is 519 g/mol. The summed E-state index contributed by atoms with van der Waals surface area (Å²) in [6.45, 7) is 9.76. The highest BCUT2D eigenvalue weighted by Gasteiger charge is 2.30. The predicted molar refractivity (Wildman–Crippen MR) is 148 cm³/mol. The normalized spacial score (nSPS) is 13.6. The first-order valence-electron chi connectivity index (χ1n) is 13.9. The monoisotopic (exact) mass is 518 g/mol. The number of furan rings is 1. The number of pyridine rings is 1. The van der Waals surface area contributed by atoms with E-state index in [0.29, 0.717) is 11.1 Å². The van der Waals surface area contributed by atoms with Crippen molar-refractivity contribution < 1.29 is 24.9 Å². The second-order valence-electron chi connectivity index (χ2n) is 10.6. The molecule has 0 saturated heterocycles. The molecule has 5 aromatic rings. The maximum absolute atomic E-state index is 13.7. The van der Waals surface area contributed by atoms with Gasteiger partial charge in [-0.1, -0.05) is 70.2 Å². The van der Waals surface area contributed by atoms with Crippen molar-refractivity contribution in [1.29, 1.82) is 0 Å². The van der Waals surface area contributed by atoms with Crippen molar-refractivity contribution in [3.05, 3.63) is 89.1 Å². The lowest BCUT2D eigenvalue weighted by molar-refractivity contribution is -0.660. The molecule has 0 N–H and O–H groups in total. The van der Waals surface area contributed by atoms with E-state index in [4.69, 9.17) is 7.16 Å². The van der Waals surface area contributed by atoms with Gasteiger partial charge in [-0.25, -0.2) is 4.57 Å². The Balaban J connectivity index is 1.80. The molecule has 0 saturated carbocycles. The highest BCUT2D eigenvalue weighted by Crippen LogP contribution is 2.41. The highest BCUT2D eigenvalue weighted by molar-refractivity contribution is 6.09. The summed E-state index contributed by atoms with van der Waals surface area (Å²) < 4.78 is 65.5. The molecule has 0 aliphatic rings. The minimum Gasteiger partial charge on any atom is -0.455 e. The Morgan fingerprint density at radius 3 is 2.16 bits per heavy atom. The molecule has 0 unspecified atom stereocenters. The van der Waals surface area contributed by atoms with Gasteiger partial charge in [-0.05, 0) is 58.2 Å². The van der Waals surface area contributed by atoms with Crippen molar-refractivity contribution in [3.8, 4) is 22.4 Å². The van der Waals surface area contributed by atoms with Gasteiger partial charge in [0.25, 0.3) is 0 Å². The second-order valence-corrected chi connectivity index (χ2v) is 10.6. The maximum Gasteiger partial charge on any atom is 0.393 e. The summed E-state index contributed by atoms with van der Waals surface area (Å²) in [4.78, 5) is 0. The van der Waals surface area contributed by atoms with E-state index in [-0.39, 0.29) is 17.4 Å². The number of fused-ring (bicyclic) bond motifs is 3. The van der Waals surface area contributed by atoms with E-state index in [1.54, 1.807) is 0 Å². The summed E-state index contributed by atoms with van der Waals surface area (Å²) in [6, 6.07) is 18.9. The van der Waals surface area contributed by atoms with Crippen molar-refractivity contribution in [1.82, 2.24) is 0 Å². The molecule has 38 heavy (non-hydrogen) atoms. The van der Waals surface area contributed by atoms with Gasteiger partial charge in [0.05, 0.1) is 11.9 Å². The topological polar surface area (TPSA) is 17.0 Å². The quantitative estimate of drug-likeness (QED) is 0.212. The summed E-state index contributed by atoms with van der Waals surface area (Å²) in [5.74, 6) is -0.260. The van der Waals surface area contributed by atoms with Crippen molar-refractivity contribution >= 4 is 21.9 Å². The molecule has 0 bridgehead atoms. The van der Waals surface area contributed by atoms with Crippen LogP contribution in [0.3, 0.4) is 0 Å². The molecule has 2 nitrogen and oxygen atoms in total. The molecule has 0 atom stereocenters. The minimum atomic E-state index is -5.02. The average Bonchev–Trinajstić information content (AvgIpc) is 3.26. The zero-order valence-corrected chi connectivity index (χ0v) is 22.5. The summed E-state index contributed by atoms with van der Waals surface area (Å²) in [7, 11) is 1.97. The molecule has 3 aromatic carbocycles. The van der Waals surface area contributed by atoms with Gasteiger partial charge in [-0.3, -0.25) is 0 Å². The van der Waals surface area contributed by atoms with Crippen LogP contribution in [0.25, 0.3) is 44.3 Å². The first-order valence-corrected chi connectivity index (χ1v) is 12.9. The molecule has 0 radical (unpaired) electrons. The lowest BCUT2D eigenvalue weighted by atomic mass is 9.82. The number of benzene rings is 3. The first-order chi connectivity index (χ1) is 18.7. The standard InChI is InChI=1S/C33H33F3NO/c1-19(2)26-15-22(18-33(34,35)36)16-27(20(3)4)31(26)23-13-14-37(6)28(17-23)30-21(5)11-12-25-24-9-7-8-10-29(24)38-32(25)30/h7-17,19-20H,18H2,1-6H3/q+1/i18D2. The van der Waals surface area contributed by atoms with Crippen molar-refractivity contribution in [3.63, 3.8) is 0 Å². The number of nitrogens with zero attached hydrogens (tertiary/aromatic N) is 1. The van der Waals surface area contributed by atoms with Gasteiger partial charge in [0.1, 0.15) is 18.2 Å². The Kier molecular flexibility index (Phi) is 5.95. The van der Waals surface area contributed by atoms with Gasteiger partial charge in [0.15, 0.2) is 6.20 Å². The summed E-state index contributed by atoms with van der Waals surface area (Å²) >= 11 is 0. The number of hydrogen-bond donors (Lipinski definition) is 0. The number of alkyl halides is 3. The predicted octanol–water partition coefficient (Wildman–Crippen LogP) is 9.40. The van der Waals surface area contributed by atoms with Crippen LogP contribution >= 0.6 is 0 Å². The Morgan fingerprint density at radius 2 is 1.53 bits per heavy atom. The highest BCUT2D eigenvalue weighted by atomic mass is 19.4. The molecular weight excluding hydrogens is 483 g/mol. The van der Waals surface area contributed by atoms with E-state index < -0.39 is 12.5 Å². The Bertz CT molecular complexity index is 1720. The van der Waals surface area contributed by atoms with E-state index in [0.717, 1.165) is 49.9 Å². The Morgan fingerprint density at radius 1 is 0.868 bits per heavy atom. The van der Waals surface area contributed by atoms with Crippen LogP contribution in [0.1, 0.15) is 64.5 Å². The minimum absolute atomic E-state index is 0.130. The van der Waals surface area contributed by atoms with Crippen LogP contribution < -0.4 is 4.57 Å². The van der Waals surface area contributed by atoms with E-state index in [1.807, 2.05) is 82.8 Å². The van der Waals surface area contributed by atoms with Gasteiger partial charge in [0.2, 0.25) is 5.69 Å². The number of para-hydroxylation sites is 1. The molecule has 196 valence electrons. The third-order valence-corrected chi connectivity index (χ3v) is 7.18. The number of aromatic nitrogens is 1. The molecule has 0 fully saturated rings. The molecule has 0 spiro atoms. The molecule has 0 amide bonds. The van der Waals surface area contributed by atoms with Crippen LogP contribution in [0.15, 0.2) is 71.3 Å². The van der Waals surface area contributed by atoms with Crippen LogP contribution in [-0.4, -0.2) is 6.18 Å². The lowest BCUT2D eigenvalue weighted by Gasteiger charge is -2.22. The van der Waals surface area contributed by atoms with Crippen LogP contribution in [0.2, 0.25) is 0 Å². The van der Waals surface area contributed by atoms with Gasteiger partial charge in [0, 0.05) is 25.6 Å². The van der Waals surface area contributed by atoms with Crippen LogP contribution in [0, 0.1) is 6.92 Å². The van der Waals surface area contributed by atoms with Gasteiger partial charge in [-0.2, -0.15) is 13.2 Å². The molecule has 2 heterocycles. The SMILES string of the molecule is [2H]C([2H])(c1cc(C(C)C)c(-c2cc[n+](C)c(-c3c(C)ccc4c3oc3ccccc34)c2)c(C(C)C)c1)C(F)(F)F. The summed E-state index contributed by atoms with van der Waals surface area (Å²) in [6.07, 6.45) is -6.52. The molecule has 5 heteroatoms. The molecule has 0 aliphatic carbocycles. The van der Waals surface area contributed by atoms with Crippen LogP contribution in [0.5, 0.6) is 0 Å². The summed E-state index contributed by atoms with van der Waals surface area (Å²) in [5, 5.41) is 2.06. The third kappa shape index (κ3) is 4.70. The van der Waals surface area contributed by atoms with Crippen LogP contribution in [0.4, 0.5) is 13.2 Å². The van der Waals surface area contributed by atoms with E-state index in [1.165, 1.54) is 12.1 Å². The number of halogens is 3. The number of hydrogen-bond acceptors (Lipinski definition) is 1. The van der Waals surface area contributed by atoms with E-state index in [9.17, 15) is 13.2 Å². The van der Waals surface area contributed by atoms with E-state index in [2.05, 4.69) is 18.2 Å². The van der Waals surface area contributed by atoms with E-state index >= 15 is 0 Å². The number of aryl methyl sites for hydroxylation is 2. The van der Waals surface area contributed by atoms with Crippen molar-refractivity contribution in [2.75, 3.05) is 0 Å². The Labute approximate surface area is 224 Å². The third-order valence-electron chi connectivity index (χ3n) is 7.18. The fourth-order valence-electron chi connectivity index (χ4n) is 5.35. The number of rotatable bonds is 5. The molecule has 5 rings (SSSR count). The summed E-state index contributed by atoms with van der Waals surface area (Å²) in [5.41, 5.74) is 7.24. The van der Waals surface area contributed by atoms with Gasteiger partial charge in [-0.15, -0.1) is 0 Å². The van der Waals surface area contributed by atoms with Crippen molar-refractivity contribution in [2.24, 2.45) is 7.05 Å². The second kappa shape index (κ2) is 9.61. The Hall–Kier alpha value is -3.60. The smallest absolute Gasteiger partial charge is 0.393 e. The van der Waals surface area contributed by atoms with Crippen molar-refractivity contribution in [2.45, 2.75) is 59.0 Å². The molecular formula is C33H33F3NO+. The van der Waals surface area contributed by atoms with Crippen LogP contribution in [-0.2, 0) is 13.4 Å². The molecule has 2 aromatic heterocycles.